The summed E-state index contributed by atoms with van der Waals surface area (Å²) in [6, 6.07) is 4.96. The molecule has 1 aliphatic carbocycles. The normalized spacial score (nSPS) is 21.3. The van der Waals surface area contributed by atoms with Gasteiger partial charge in [0.15, 0.2) is 0 Å². The number of pyridine rings is 1. The van der Waals surface area contributed by atoms with Gasteiger partial charge in [-0.1, -0.05) is 12.8 Å². The zero-order valence-electron chi connectivity index (χ0n) is 11.6. The van der Waals surface area contributed by atoms with E-state index in [1.807, 2.05) is 6.07 Å². The van der Waals surface area contributed by atoms with Gasteiger partial charge >= 0.3 is 5.97 Å². The molecule has 1 saturated carbocycles. The van der Waals surface area contributed by atoms with Crippen LogP contribution in [0.1, 0.15) is 41.7 Å². The van der Waals surface area contributed by atoms with E-state index in [1.54, 1.807) is 0 Å². The number of hydrogen-bond donors (Lipinski definition) is 2. The molecule has 6 nitrogen and oxygen atoms in total. The SMILES string of the molecule is N#Cc1ccc(C(=O)NCC2CCCCC2C(=O)O)nc1. The Balaban J connectivity index is 1.93. The van der Waals surface area contributed by atoms with E-state index in [4.69, 9.17) is 5.26 Å². The fourth-order valence-electron chi connectivity index (χ4n) is 2.69. The Labute approximate surface area is 122 Å². The van der Waals surface area contributed by atoms with Crippen LogP contribution in [0.5, 0.6) is 0 Å². The first kappa shape index (κ1) is 15.0. The van der Waals surface area contributed by atoms with E-state index in [9.17, 15) is 14.7 Å². The molecule has 1 amide bonds. The molecule has 0 aliphatic heterocycles. The zero-order valence-corrected chi connectivity index (χ0v) is 11.6. The molecule has 0 radical (unpaired) electrons. The second kappa shape index (κ2) is 6.84. The molecule has 6 heteroatoms. The van der Waals surface area contributed by atoms with Gasteiger partial charge in [0.25, 0.3) is 5.91 Å². The molecule has 2 unspecified atom stereocenters. The molecule has 0 spiro atoms. The summed E-state index contributed by atoms with van der Waals surface area (Å²) in [6.07, 6.45) is 4.76. The van der Waals surface area contributed by atoms with Crippen LogP contribution in [0.4, 0.5) is 0 Å². The first-order chi connectivity index (χ1) is 10.1. The Morgan fingerprint density at radius 2 is 2.14 bits per heavy atom. The molecular formula is C15H17N3O3. The van der Waals surface area contributed by atoms with E-state index in [0.29, 0.717) is 18.5 Å². The van der Waals surface area contributed by atoms with Gasteiger partial charge in [0.2, 0.25) is 0 Å². The molecule has 2 N–H and O–H groups in total. The number of carbonyl (C=O) groups excluding carboxylic acids is 1. The van der Waals surface area contributed by atoms with Crippen molar-refractivity contribution in [3.8, 4) is 6.07 Å². The first-order valence-electron chi connectivity index (χ1n) is 6.99. The third-order valence-corrected chi connectivity index (χ3v) is 3.88. The Hall–Kier alpha value is -2.42. The molecule has 110 valence electrons. The van der Waals surface area contributed by atoms with Gasteiger partial charge in [0, 0.05) is 12.7 Å². The quantitative estimate of drug-likeness (QED) is 0.875. The summed E-state index contributed by atoms with van der Waals surface area (Å²) in [6.45, 7) is 0.345. The summed E-state index contributed by atoms with van der Waals surface area (Å²) in [5, 5.41) is 20.6. The van der Waals surface area contributed by atoms with Crippen molar-refractivity contribution in [1.29, 1.82) is 5.26 Å². The smallest absolute Gasteiger partial charge is 0.306 e. The lowest BCUT2D eigenvalue weighted by atomic mass is 9.79. The minimum absolute atomic E-state index is 0.0291. The number of nitrogens with zero attached hydrogens (tertiary/aromatic N) is 2. The van der Waals surface area contributed by atoms with Crippen LogP contribution >= 0.6 is 0 Å². The van der Waals surface area contributed by atoms with Gasteiger partial charge in [-0.2, -0.15) is 5.26 Å². The number of carboxylic acids is 1. The van der Waals surface area contributed by atoms with Gasteiger partial charge in [0.1, 0.15) is 11.8 Å². The third kappa shape index (κ3) is 3.78. The maximum Gasteiger partial charge on any atom is 0.306 e. The Morgan fingerprint density at radius 3 is 2.76 bits per heavy atom. The van der Waals surface area contributed by atoms with Gasteiger partial charge in [0.05, 0.1) is 11.5 Å². The summed E-state index contributed by atoms with van der Waals surface area (Å²) >= 11 is 0. The Morgan fingerprint density at radius 1 is 1.38 bits per heavy atom. The van der Waals surface area contributed by atoms with Crippen molar-refractivity contribution in [3.05, 3.63) is 29.6 Å². The molecule has 2 rings (SSSR count). The summed E-state index contributed by atoms with van der Waals surface area (Å²) in [5.74, 6) is -1.54. The van der Waals surface area contributed by atoms with Gasteiger partial charge < -0.3 is 10.4 Å². The van der Waals surface area contributed by atoms with Crippen LogP contribution in [0.15, 0.2) is 18.3 Å². The molecule has 0 saturated heterocycles. The third-order valence-electron chi connectivity index (χ3n) is 3.88. The molecule has 1 aliphatic rings. The molecule has 0 aromatic carbocycles. The van der Waals surface area contributed by atoms with Gasteiger partial charge in [-0.05, 0) is 30.9 Å². The number of nitrogens with one attached hydrogen (secondary N) is 1. The Bertz CT molecular complexity index is 563. The summed E-state index contributed by atoms with van der Waals surface area (Å²) in [4.78, 5) is 27.1. The summed E-state index contributed by atoms with van der Waals surface area (Å²) in [5.41, 5.74) is 0.626. The number of carbonyl (C=O) groups is 2. The van der Waals surface area contributed by atoms with E-state index in [2.05, 4.69) is 10.3 Å². The van der Waals surface area contributed by atoms with Crippen LogP contribution in [-0.2, 0) is 4.79 Å². The summed E-state index contributed by atoms with van der Waals surface area (Å²) in [7, 11) is 0. The number of amides is 1. The van der Waals surface area contributed by atoms with Crippen molar-refractivity contribution in [2.24, 2.45) is 11.8 Å². The predicted molar refractivity (Wildman–Crippen MR) is 74.4 cm³/mol. The highest BCUT2D eigenvalue weighted by molar-refractivity contribution is 5.92. The van der Waals surface area contributed by atoms with Crippen LogP contribution in [0.3, 0.4) is 0 Å². The number of nitriles is 1. The van der Waals surface area contributed by atoms with E-state index in [1.165, 1.54) is 18.3 Å². The maximum absolute atomic E-state index is 12.0. The molecule has 21 heavy (non-hydrogen) atoms. The summed E-state index contributed by atoms with van der Waals surface area (Å²) < 4.78 is 0. The average molecular weight is 287 g/mol. The van der Waals surface area contributed by atoms with Gasteiger partial charge in [-0.25, -0.2) is 4.98 Å². The molecule has 0 bridgehead atoms. The van der Waals surface area contributed by atoms with Crippen LogP contribution in [0.25, 0.3) is 0 Å². The topological polar surface area (TPSA) is 103 Å². The van der Waals surface area contributed by atoms with E-state index < -0.39 is 5.97 Å². The maximum atomic E-state index is 12.0. The number of hydrogen-bond acceptors (Lipinski definition) is 4. The van der Waals surface area contributed by atoms with Crippen LogP contribution in [-0.4, -0.2) is 28.5 Å². The first-order valence-corrected chi connectivity index (χ1v) is 6.99. The lowest BCUT2D eigenvalue weighted by Crippen LogP contribution is -2.37. The fourth-order valence-corrected chi connectivity index (χ4v) is 2.69. The number of carboxylic acid groups (broad SMARTS) is 1. The van der Waals surface area contributed by atoms with Crippen LogP contribution in [0.2, 0.25) is 0 Å². The second-order valence-electron chi connectivity index (χ2n) is 5.24. The van der Waals surface area contributed by atoms with E-state index >= 15 is 0 Å². The Kier molecular flexibility index (Phi) is 4.88. The van der Waals surface area contributed by atoms with Gasteiger partial charge in [-0.15, -0.1) is 0 Å². The minimum atomic E-state index is -0.787. The lowest BCUT2D eigenvalue weighted by Gasteiger charge is -2.28. The molecule has 1 aromatic heterocycles. The minimum Gasteiger partial charge on any atom is -0.481 e. The standard InChI is InChI=1S/C15H17N3O3/c16-7-10-5-6-13(17-8-10)14(19)18-9-11-3-1-2-4-12(11)15(20)21/h5-6,8,11-12H,1-4,9H2,(H,18,19)(H,20,21). The highest BCUT2D eigenvalue weighted by Crippen LogP contribution is 2.29. The van der Waals surface area contributed by atoms with Crippen molar-refractivity contribution >= 4 is 11.9 Å². The highest BCUT2D eigenvalue weighted by atomic mass is 16.4. The highest BCUT2D eigenvalue weighted by Gasteiger charge is 2.30. The molecule has 2 atom stereocenters. The lowest BCUT2D eigenvalue weighted by molar-refractivity contribution is -0.144. The number of rotatable bonds is 4. The predicted octanol–water partition coefficient (Wildman–Crippen LogP) is 1.57. The van der Waals surface area contributed by atoms with Crippen molar-refractivity contribution in [2.45, 2.75) is 25.7 Å². The monoisotopic (exact) mass is 287 g/mol. The van der Waals surface area contributed by atoms with E-state index in [-0.39, 0.29) is 23.4 Å². The molecular weight excluding hydrogens is 270 g/mol. The average Bonchev–Trinajstić information content (AvgIpc) is 2.52. The molecule has 1 fully saturated rings. The van der Waals surface area contributed by atoms with E-state index in [0.717, 1.165) is 19.3 Å². The van der Waals surface area contributed by atoms with Crippen molar-refractivity contribution < 1.29 is 14.7 Å². The van der Waals surface area contributed by atoms with Crippen molar-refractivity contribution in [2.75, 3.05) is 6.54 Å². The fraction of sp³-hybridized carbons (Fsp3) is 0.467. The number of aromatic nitrogens is 1. The molecule has 1 aromatic rings. The van der Waals surface area contributed by atoms with Gasteiger partial charge in [-0.3, -0.25) is 9.59 Å². The van der Waals surface area contributed by atoms with Crippen molar-refractivity contribution in [3.63, 3.8) is 0 Å². The largest absolute Gasteiger partial charge is 0.481 e. The number of aliphatic carboxylic acids is 1. The second-order valence-corrected chi connectivity index (χ2v) is 5.24. The zero-order chi connectivity index (χ0) is 15.2. The van der Waals surface area contributed by atoms with Crippen LogP contribution < -0.4 is 5.32 Å². The molecule has 1 heterocycles. The van der Waals surface area contributed by atoms with Crippen LogP contribution in [0, 0.1) is 23.2 Å². The van der Waals surface area contributed by atoms with Crippen molar-refractivity contribution in [1.82, 2.24) is 10.3 Å².